The Labute approximate surface area is 74.9 Å². The summed E-state index contributed by atoms with van der Waals surface area (Å²) >= 11 is 0. The molecule has 0 heterocycles. The van der Waals surface area contributed by atoms with Gasteiger partial charge in [-0.2, -0.15) is 8.42 Å². The topological polar surface area (TPSA) is 54.4 Å². The third-order valence-corrected chi connectivity index (χ3v) is 3.14. The Morgan fingerprint density at radius 3 is 2.33 bits per heavy atom. The third kappa shape index (κ3) is 4.72. The van der Waals surface area contributed by atoms with E-state index in [4.69, 9.17) is 4.55 Å². The molecule has 73 valence electrons. The molecular formula is C8H17O3S. The van der Waals surface area contributed by atoms with E-state index in [2.05, 4.69) is 6.92 Å². The van der Waals surface area contributed by atoms with Crippen molar-refractivity contribution in [3.63, 3.8) is 0 Å². The standard InChI is InChI=1S/C8H17O3S/c1-3-5-7-8(6-4-2)12(9,10)11/h8H,2-7H2,1H3,(H,9,10,11). The summed E-state index contributed by atoms with van der Waals surface area (Å²) < 4.78 is 30.3. The van der Waals surface area contributed by atoms with Crippen LogP contribution < -0.4 is 0 Å². The maximum Gasteiger partial charge on any atom is 0.267 e. The molecule has 0 aliphatic rings. The number of hydrogen-bond acceptors (Lipinski definition) is 2. The Morgan fingerprint density at radius 1 is 1.42 bits per heavy atom. The van der Waals surface area contributed by atoms with E-state index in [0.29, 0.717) is 19.3 Å². The Hall–Kier alpha value is -0.0900. The van der Waals surface area contributed by atoms with Crippen LogP contribution in [0.25, 0.3) is 0 Å². The van der Waals surface area contributed by atoms with E-state index in [9.17, 15) is 8.42 Å². The molecule has 0 aliphatic heterocycles. The molecule has 0 amide bonds. The van der Waals surface area contributed by atoms with Gasteiger partial charge in [-0.25, -0.2) is 0 Å². The molecule has 4 heteroatoms. The van der Waals surface area contributed by atoms with Crippen LogP contribution in [-0.2, 0) is 10.1 Å². The Balaban J connectivity index is 4.05. The molecule has 0 aromatic rings. The third-order valence-electron chi connectivity index (χ3n) is 1.83. The van der Waals surface area contributed by atoms with Crippen LogP contribution in [0.1, 0.15) is 39.0 Å². The van der Waals surface area contributed by atoms with Crippen molar-refractivity contribution in [3.8, 4) is 0 Å². The summed E-state index contributed by atoms with van der Waals surface area (Å²) in [4.78, 5) is 0. The van der Waals surface area contributed by atoms with Gasteiger partial charge in [0.05, 0.1) is 5.25 Å². The SMILES string of the molecule is [CH2]CCC(CCCC)S(=O)(=O)O. The van der Waals surface area contributed by atoms with Crippen LogP contribution in [0.15, 0.2) is 0 Å². The van der Waals surface area contributed by atoms with Crippen molar-refractivity contribution >= 4 is 10.1 Å². The van der Waals surface area contributed by atoms with Gasteiger partial charge >= 0.3 is 0 Å². The molecule has 0 rings (SSSR count). The van der Waals surface area contributed by atoms with Crippen molar-refractivity contribution in [3.05, 3.63) is 6.92 Å². The second-order valence-corrected chi connectivity index (χ2v) is 4.62. The Morgan fingerprint density at radius 2 is 2.00 bits per heavy atom. The van der Waals surface area contributed by atoms with Crippen LogP contribution in [0.3, 0.4) is 0 Å². The van der Waals surface area contributed by atoms with Crippen LogP contribution in [0, 0.1) is 6.92 Å². The van der Waals surface area contributed by atoms with Crippen LogP contribution in [0.4, 0.5) is 0 Å². The monoisotopic (exact) mass is 193 g/mol. The summed E-state index contributed by atoms with van der Waals surface area (Å²) in [5.74, 6) is 0. The zero-order chi connectivity index (χ0) is 9.61. The molecule has 3 nitrogen and oxygen atoms in total. The Bertz CT molecular complexity index is 196. The Kier molecular flexibility index (Phi) is 5.50. The molecule has 0 saturated carbocycles. The zero-order valence-electron chi connectivity index (χ0n) is 7.49. The van der Waals surface area contributed by atoms with Crippen molar-refractivity contribution in [1.29, 1.82) is 0 Å². The summed E-state index contributed by atoms with van der Waals surface area (Å²) in [6, 6.07) is 0. The fourth-order valence-electron chi connectivity index (χ4n) is 1.10. The van der Waals surface area contributed by atoms with E-state index in [1.54, 1.807) is 0 Å². The molecule has 0 spiro atoms. The fourth-order valence-corrected chi connectivity index (χ4v) is 2.03. The van der Waals surface area contributed by atoms with Crippen LogP contribution in [0.2, 0.25) is 0 Å². The van der Waals surface area contributed by atoms with Gasteiger partial charge in [0.25, 0.3) is 10.1 Å². The molecule has 1 atom stereocenters. The number of unbranched alkanes of at least 4 members (excludes halogenated alkanes) is 1. The molecule has 0 fully saturated rings. The largest absolute Gasteiger partial charge is 0.285 e. The first-order valence-corrected chi connectivity index (χ1v) is 5.78. The first kappa shape index (κ1) is 11.9. The van der Waals surface area contributed by atoms with E-state index in [1.165, 1.54) is 0 Å². The molecular weight excluding hydrogens is 176 g/mol. The number of rotatable bonds is 6. The molecule has 12 heavy (non-hydrogen) atoms. The molecule has 0 saturated heterocycles. The highest BCUT2D eigenvalue weighted by Crippen LogP contribution is 2.14. The molecule has 1 unspecified atom stereocenters. The van der Waals surface area contributed by atoms with E-state index in [1.807, 2.05) is 6.92 Å². The fraction of sp³-hybridized carbons (Fsp3) is 0.875. The van der Waals surface area contributed by atoms with Gasteiger partial charge in [-0.15, -0.1) is 0 Å². The van der Waals surface area contributed by atoms with E-state index < -0.39 is 15.4 Å². The highest BCUT2D eigenvalue weighted by atomic mass is 32.2. The second-order valence-electron chi connectivity index (χ2n) is 2.92. The quantitative estimate of drug-likeness (QED) is 0.657. The normalized spacial score (nSPS) is 14.6. The van der Waals surface area contributed by atoms with Gasteiger partial charge in [0.15, 0.2) is 0 Å². The van der Waals surface area contributed by atoms with Gasteiger partial charge < -0.3 is 0 Å². The van der Waals surface area contributed by atoms with E-state index >= 15 is 0 Å². The molecule has 0 aromatic carbocycles. The summed E-state index contributed by atoms with van der Waals surface area (Å²) in [5.41, 5.74) is 0. The molecule has 0 aliphatic carbocycles. The lowest BCUT2D eigenvalue weighted by atomic mass is 10.1. The van der Waals surface area contributed by atoms with Crippen LogP contribution >= 0.6 is 0 Å². The van der Waals surface area contributed by atoms with Gasteiger partial charge in [0.1, 0.15) is 0 Å². The average Bonchev–Trinajstić information content (AvgIpc) is 1.95. The highest BCUT2D eigenvalue weighted by Gasteiger charge is 2.20. The predicted molar refractivity (Wildman–Crippen MR) is 49.5 cm³/mol. The van der Waals surface area contributed by atoms with Crippen molar-refractivity contribution in [2.75, 3.05) is 0 Å². The van der Waals surface area contributed by atoms with Gasteiger partial charge in [-0.05, 0) is 12.8 Å². The first-order chi connectivity index (χ1) is 5.52. The van der Waals surface area contributed by atoms with Gasteiger partial charge in [-0.3, -0.25) is 4.55 Å². The summed E-state index contributed by atoms with van der Waals surface area (Å²) in [6.07, 6.45) is 3.34. The van der Waals surface area contributed by atoms with Gasteiger partial charge in [0.2, 0.25) is 0 Å². The molecule has 1 N–H and O–H groups in total. The average molecular weight is 193 g/mol. The lowest BCUT2D eigenvalue weighted by Gasteiger charge is -2.11. The zero-order valence-corrected chi connectivity index (χ0v) is 8.31. The maximum absolute atomic E-state index is 10.8. The van der Waals surface area contributed by atoms with Gasteiger partial charge in [0, 0.05) is 0 Å². The molecule has 0 bridgehead atoms. The minimum atomic E-state index is -3.84. The smallest absolute Gasteiger partial charge is 0.267 e. The lowest BCUT2D eigenvalue weighted by Crippen LogP contribution is -2.20. The summed E-state index contributed by atoms with van der Waals surface area (Å²) in [7, 11) is -3.84. The van der Waals surface area contributed by atoms with Crippen molar-refractivity contribution < 1.29 is 13.0 Å². The van der Waals surface area contributed by atoms with Gasteiger partial charge in [-0.1, -0.05) is 33.1 Å². The lowest BCUT2D eigenvalue weighted by molar-refractivity contribution is 0.453. The minimum absolute atomic E-state index is 0.457. The second kappa shape index (κ2) is 5.54. The number of hydrogen-bond donors (Lipinski definition) is 1. The molecule has 0 aromatic heterocycles. The van der Waals surface area contributed by atoms with Crippen molar-refractivity contribution in [1.82, 2.24) is 0 Å². The van der Waals surface area contributed by atoms with E-state index in [-0.39, 0.29) is 0 Å². The van der Waals surface area contributed by atoms with Crippen molar-refractivity contribution in [2.24, 2.45) is 0 Å². The van der Waals surface area contributed by atoms with Crippen molar-refractivity contribution in [2.45, 2.75) is 44.3 Å². The summed E-state index contributed by atoms with van der Waals surface area (Å²) in [5, 5.41) is -0.602. The minimum Gasteiger partial charge on any atom is -0.285 e. The molecule has 1 radical (unpaired) electrons. The first-order valence-electron chi connectivity index (χ1n) is 4.28. The van der Waals surface area contributed by atoms with E-state index in [0.717, 1.165) is 12.8 Å². The van der Waals surface area contributed by atoms with Crippen LogP contribution in [0.5, 0.6) is 0 Å². The summed E-state index contributed by atoms with van der Waals surface area (Å²) in [6.45, 7) is 5.56. The van der Waals surface area contributed by atoms with Crippen LogP contribution in [-0.4, -0.2) is 18.2 Å². The highest BCUT2D eigenvalue weighted by molar-refractivity contribution is 7.86. The predicted octanol–water partition coefficient (Wildman–Crippen LogP) is 2.05. The maximum atomic E-state index is 10.8.